The van der Waals surface area contributed by atoms with Gasteiger partial charge in [-0.05, 0) is 28.1 Å². The molecule has 1 amide bonds. The van der Waals surface area contributed by atoms with Crippen LogP contribution in [0.2, 0.25) is 0 Å². The van der Waals surface area contributed by atoms with Crippen LogP contribution in [-0.4, -0.2) is 35.2 Å². The largest absolute Gasteiger partial charge is 0.481 e. The SMILES string of the molecule is O=C(O)[C@@H]1[C@H]2C=C[C@]3(CN(c4ccccc4Br)C(=O)[C@@H]13)O2. The minimum Gasteiger partial charge on any atom is -0.481 e. The van der Waals surface area contributed by atoms with E-state index >= 15 is 0 Å². The number of carboxylic acids is 1. The van der Waals surface area contributed by atoms with Gasteiger partial charge in [-0.15, -0.1) is 0 Å². The topological polar surface area (TPSA) is 66.8 Å². The Kier molecular flexibility index (Phi) is 2.59. The maximum Gasteiger partial charge on any atom is 0.310 e. The van der Waals surface area contributed by atoms with E-state index in [-0.39, 0.29) is 5.91 Å². The van der Waals surface area contributed by atoms with Crippen LogP contribution in [0.1, 0.15) is 0 Å². The van der Waals surface area contributed by atoms with Crippen LogP contribution in [0.25, 0.3) is 0 Å². The summed E-state index contributed by atoms with van der Waals surface area (Å²) in [7, 11) is 0. The lowest BCUT2D eigenvalue weighted by molar-refractivity contribution is -0.146. The third-order valence-electron chi connectivity index (χ3n) is 4.53. The van der Waals surface area contributed by atoms with Crippen LogP contribution in [0.4, 0.5) is 5.69 Å². The quantitative estimate of drug-likeness (QED) is 0.827. The predicted molar refractivity (Wildman–Crippen MR) is 77.9 cm³/mol. The number of hydrogen-bond donors (Lipinski definition) is 1. The number of carboxylic acid groups (broad SMARTS) is 1. The zero-order chi connectivity index (χ0) is 14.8. The number of para-hydroxylation sites is 1. The normalized spacial score (nSPS) is 36.3. The number of benzene rings is 1. The summed E-state index contributed by atoms with van der Waals surface area (Å²) in [5.41, 5.74) is -0.0454. The molecule has 1 aromatic carbocycles. The van der Waals surface area contributed by atoms with Gasteiger partial charge in [-0.25, -0.2) is 0 Å². The molecule has 2 saturated heterocycles. The first-order valence-electron chi connectivity index (χ1n) is 6.69. The van der Waals surface area contributed by atoms with Crippen LogP contribution < -0.4 is 4.90 Å². The summed E-state index contributed by atoms with van der Waals surface area (Å²) in [6.45, 7) is 0.357. The van der Waals surface area contributed by atoms with E-state index in [2.05, 4.69) is 15.9 Å². The van der Waals surface area contributed by atoms with E-state index in [0.717, 1.165) is 10.2 Å². The number of nitrogens with zero attached hydrogens (tertiary/aromatic N) is 1. The molecule has 3 aliphatic rings. The standard InChI is InChI=1S/C15H12BrNO4/c16-8-3-1-2-4-9(8)17-7-15-6-5-10(21-15)11(14(19)20)12(15)13(17)18/h1-6,10-12H,7H2,(H,19,20)/t10-,11-,12-,15-/m1/s1. The molecule has 3 aliphatic heterocycles. The molecule has 0 aliphatic carbocycles. The van der Waals surface area contributed by atoms with Crippen molar-refractivity contribution in [1.29, 1.82) is 0 Å². The molecule has 1 aromatic rings. The second-order valence-electron chi connectivity index (χ2n) is 5.61. The smallest absolute Gasteiger partial charge is 0.310 e. The molecule has 2 fully saturated rings. The van der Waals surface area contributed by atoms with Crippen molar-refractivity contribution in [3.63, 3.8) is 0 Å². The van der Waals surface area contributed by atoms with Crippen molar-refractivity contribution in [2.24, 2.45) is 11.8 Å². The number of rotatable bonds is 2. The minimum atomic E-state index is -0.974. The fourth-order valence-corrected chi connectivity index (χ4v) is 4.15. The number of fused-ring (bicyclic) bond motifs is 1. The van der Waals surface area contributed by atoms with Gasteiger partial charge in [0.05, 0.1) is 24.3 Å². The summed E-state index contributed by atoms with van der Waals surface area (Å²) < 4.78 is 6.66. The van der Waals surface area contributed by atoms with E-state index < -0.39 is 29.5 Å². The second-order valence-corrected chi connectivity index (χ2v) is 6.47. The van der Waals surface area contributed by atoms with Gasteiger partial charge in [0.2, 0.25) is 5.91 Å². The van der Waals surface area contributed by atoms with Gasteiger partial charge in [-0.2, -0.15) is 0 Å². The van der Waals surface area contributed by atoms with Crippen LogP contribution in [0.5, 0.6) is 0 Å². The summed E-state index contributed by atoms with van der Waals surface area (Å²) >= 11 is 3.44. The summed E-state index contributed by atoms with van der Waals surface area (Å²) in [5.74, 6) is -2.59. The molecule has 2 bridgehead atoms. The van der Waals surface area contributed by atoms with E-state index in [1.54, 1.807) is 11.0 Å². The number of amides is 1. The molecular weight excluding hydrogens is 338 g/mol. The van der Waals surface area contributed by atoms with E-state index in [9.17, 15) is 14.7 Å². The van der Waals surface area contributed by atoms with E-state index in [1.165, 1.54) is 0 Å². The van der Waals surface area contributed by atoms with Gasteiger partial charge in [0.25, 0.3) is 0 Å². The number of halogens is 1. The average molecular weight is 350 g/mol. The molecule has 3 heterocycles. The molecule has 0 unspecified atom stereocenters. The molecule has 5 nitrogen and oxygen atoms in total. The molecular formula is C15H12BrNO4. The summed E-state index contributed by atoms with van der Waals surface area (Å²) in [5, 5.41) is 9.41. The minimum absolute atomic E-state index is 0.179. The highest BCUT2D eigenvalue weighted by Gasteiger charge is 2.67. The van der Waals surface area contributed by atoms with Gasteiger partial charge >= 0.3 is 5.97 Å². The third-order valence-corrected chi connectivity index (χ3v) is 5.20. The van der Waals surface area contributed by atoms with Crippen LogP contribution >= 0.6 is 15.9 Å². The van der Waals surface area contributed by atoms with Crippen molar-refractivity contribution in [2.45, 2.75) is 11.7 Å². The van der Waals surface area contributed by atoms with Crippen LogP contribution in [0, 0.1) is 11.8 Å². The Morgan fingerprint density at radius 2 is 2.19 bits per heavy atom. The second kappa shape index (κ2) is 4.18. The molecule has 1 N–H and O–H groups in total. The molecule has 4 rings (SSSR count). The molecule has 21 heavy (non-hydrogen) atoms. The van der Waals surface area contributed by atoms with E-state index in [1.807, 2.05) is 30.3 Å². The Balaban J connectivity index is 1.78. The Labute approximate surface area is 129 Å². The first-order chi connectivity index (χ1) is 10.0. The summed E-state index contributed by atoms with van der Waals surface area (Å²) in [4.78, 5) is 25.9. The Bertz CT molecular complexity index is 688. The summed E-state index contributed by atoms with van der Waals surface area (Å²) in [6, 6.07) is 7.42. The monoisotopic (exact) mass is 349 g/mol. The first-order valence-corrected chi connectivity index (χ1v) is 7.49. The van der Waals surface area contributed by atoms with Crippen LogP contribution in [-0.2, 0) is 14.3 Å². The molecule has 0 radical (unpaired) electrons. The van der Waals surface area contributed by atoms with Gasteiger partial charge in [0.1, 0.15) is 11.5 Å². The predicted octanol–water partition coefficient (Wildman–Crippen LogP) is 1.82. The zero-order valence-corrected chi connectivity index (χ0v) is 12.5. The molecule has 6 heteroatoms. The van der Waals surface area contributed by atoms with Crippen LogP contribution in [0.15, 0.2) is 40.9 Å². The number of carbonyl (C=O) groups excluding carboxylic acids is 1. The molecule has 0 saturated carbocycles. The number of carbonyl (C=O) groups is 2. The van der Waals surface area contributed by atoms with E-state index in [0.29, 0.717) is 6.54 Å². The van der Waals surface area contributed by atoms with E-state index in [4.69, 9.17) is 4.74 Å². The number of aliphatic carboxylic acids is 1. The van der Waals surface area contributed by atoms with Crippen molar-refractivity contribution < 1.29 is 19.4 Å². The zero-order valence-electron chi connectivity index (χ0n) is 10.9. The molecule has 108 valence electrons. The van der Waals surface area contributed by atoms with Crippen molar-refractivity contribution in [2.75, 3.05) is 11.4 Å². The Hall–Kier alpha value is -1.66. The van der Waals surface area contributed by atoms with Crippen molar-refractivity contribution >= 4 is 33.5 Å². The molecule has 1 spiro atoms. The maximum atomic E-state index is 12.8. The lowest BCUT2D eigenvalue weighted by Crippen LogP contribution is -2.39. The van der Waals surface area contributed by atoms with Gasteiger partial charge in [-0.3, -0.25) is 9.59 Å². The fraction of sp³-hybridized carbons (Fsp3) is 0.333. The fourth-order valence-electron chi connectivity index (χ4n) is 3.65. The highest BCUT2D eigenvalue weighted by atomic mass is 79.9. The maximum absolute atomic E-state index is 12.8. The van der Waals surface area contributed by atoms with Crippen molar-refractivity contribution in [3.8, 4) is 0 Å². The van der Waals surface area contributed by atoms with Gasteiger partial charge < -0.3 is 14.7 Å². The van der Waals surface area contributed by atoms with Gasteiger partial charge in [0, 0.05) is 4.47 Å². The molecule has 0 aromatic heterocycles. The summed E-state index contributed by atoms with van der Waals surface area (Å²) in [6.07, 6.45) is 3.14. The lowest BCUT2D eigenvalue weighted by atomic mass is 9.77. The number of hydrogen-bond acceptors (Lipinski definition) is 3. The first kappa shape index (κ1) is 13.0. The third kappa shape index (κ3) is 1.60. The van der Waals surface area contributed by atoms with Crippen LogP contribution in [0.3, 0.4) is 0 Å². The highest BCUT2D eigenvalue weighted by molar-refractivity contribution is 9.10. The molecule has 4 atom stereocenters. The Morgan fingerprint density at radius 3 is 2.90 bits per heavy atom. The van der Waals surface area contributed by atoms with Gasteiger partial charge in [0.15, 0.2) is 0 Å². The van der Waals surface area contributed by atoms with Crippen molar-refractivity contribution in [1.82, 2.24) is 0 Å². The lowest BCUT2D eigenvalue weighted by Gasteiger charge is -2.22. The number of ether oxygens (including phenoxy) is 1. The van der Waals surface area contributed by atoms with Crippen molar-refractivity contribution in [3.05, 3.63) is 40.9 Å². The number of anilines is 1. The average Bonchev–Trinajstić information content (AvgIpc) is 3.08. The Morgan fingerprint density at radius 1 is 1.43 bits per heavy atom. The highest BCUT2D eigenvalue weighted by Crippen LogP contribution is 2.53. The van der Waals surface area contributed by atoms with Gasteiger partial charge in [-0.1, -0.05) is 24.3 Å².